The lowest BCUT2D eigenvalue weighted by Gasteiger charge is -2.18. The van der Waals surface area contributed by atoms with Crippen molar-refractivity contribution in [1.29, 1.82) is 0 Å². The Kier molecular flexibility index (Phi) is 4.04. The van der Waals surface area contributed by atoms with Gasteiger partial charge in [0.2, 0.25) is 0 Å². The van der Waals surface area contributed by atoms with Gasteiger partial charge >= 0.3 is 0 Å². The summed E-state index contributed by atoms with van der Waals surface area (Å²) in [5, 5.41) is 4.86. The number of nitrogens with one attached hydrogen (secondary N) is 1. The molecule has 0 aliphatic heterocycles. The molecule has 6 heteroatoms. The summed E-state index contributed by atoms with van der Waals surface area (Å²) in [4.78, 5) is 28.6. The molecule has 118 valence electrons. The molecule has 0 radical (unpaired) electrons. The number of fused-ring (bicyclic) bond motifs is 1. The summed E-state index contributed by atoms with van der Waals surface area (Å²) in [6, 6.07) is 9.27. The Bertz CT molecular complexity index is 918. The second-order valence-electron chi connectivity index (χ2n) is 6.22. The van der Waals surface area contributed by atoms with Crippen LogP contribution in [0.2, 0.25) is 0 Å². The van der Waals surface area contributed by atoms with Crippen molar-refractivity contribution < 1.29 is 4.79 Å². The van der Waals surface area contributed by atoms with Gasteiger partial charge in [-0.1, -0.05) is 44.2 Å². The smallest absolute Gasteiger partial charge is 0.257 e. The van der Waals surface area contributed by atoms with Crippen LogP contribution in [0, 0.1) is 0 Å². The summed E-state index contributed by atoms with van der Waals surface area (Å²) in [6.07, 6.45) is 0. The van der Waals surface area contributed by atoms with Gasteiger partial charge in [0.05, 0.1) is 5.52 Å². The molecule has 1 N–H and O–H groups in total. The third-order valence-corrected chi connectivity index (χ3v) is 5.28. The highest BCUT2D eigenvalue weighted by Gasteiger charge is 2.15. The predicted octanol–water partition coefficient (Wildman–Crippen LogP) is 4.27. The normalized spacial score (nSPS) is 11.6. The monoisotopic (exact) mass is 344 g/mol. The molecule has 0 bridgehead atoms. The van der Waals surface area contributed by atoms with Crippen molar-refractivity contribution in [1.82, 2.24) is 4.98 Å². The van der Waals surface area contributed by atoms with E-state index in [2.05, 4.69) is 31.1 Å². The van der Waals surface area contributed by atoms with Crippen molar-refractivity contribution in [2.75, 3.05) is 5.32 Å². The van der Waals surface area contributed by atoms with E-state index in [0.29, 0.717) is 20.9 Å². The van der Waals surface area contributed by atoms with E-state index in [-0.39, 0.29) is 16.1 Å². The van der Waals surface area contributed by atoms with Gasteiger partial charge in [0.15, 0.2) is 5.13 Å². The second kappa shape index (κ2) is 5.86. The minimum atomic E-state index is -0.261. The molecule has 1 aromatic carbocycles. The molecule has 1 amide bonds. The molecule has 0 atom stereocenters. The van der Waals surface area contributed by atoms with Crippen LogP contribution in [0.3, 0.4) is 0 Å². The summed E-state index contributed by atoms with van der Waals surface area (Å²) >= 11 is 2.32. The van der Waals surface area contributed by atoms with Crippen LogP contribution in [0.25, 0.3) is 10.2 Å². The molecular weight excluding hydrogens is 328 g/mol. The molecule has 0 saturated heterocycles. The number of hydrogen-bond acceptors (Lipinski definition) is 5. The lowest BCUT2D eigenvalue weighted by Crippen LogP contribution is -2.15. The maximum Gasteiger partial charge on any atom is 0.257 e. The van der Waals surface area contributed by atoms with Crippen LogP contribution < -0.4 is 10.1 Å². The fourth-order valence-electron chi connectivity index (χ4n) is 2.15. The number of aromatic nitrogens is 1. The van der Waals surface area contributed by atoms with Crippen LogP contribution in [0.4, 0.5) is 5.13 Å². The first kappa shape index (κ1) is 15.8. The standard InChI is InChI=1S/C17H16N2O2S2/c1-17(2,3)11-6-4-10(5-7-11)14(20)19-16-18-12-8-9-22-13(12)15(21)23-16/h4-9H,1-3H3,(H,18,19,20). The maximum absolute atomic E-state index is 12.3. The summed E-state index contributed by atoms with van der Waals surface area (Å²) in [5.74, 6) is -0.261. The average Bonchev–Trinajstić information content (AvgIpc) is 2.95. The number of carbonyl (C=O) groups is 1. The summed E-state index contributed by atoms with van der Waals surface area (Å²) < 4.78 is 0.547. The Balaban J connectivity index is 1.84. The molecule has 2 aromatic heterocycles. The summed E-state index contributed by atoms with van der Waals surface area (Å²) in [7, 11) is 0. The summed E-state index contributed by atoms with van der Waals surface area (Å²) in [6.45, 7) is 6.37. The van der Waals surface area contributed by atoms with Gasteiger partial charge in [-0.2, -0.15) is 0 Å². The molecule has 0 unspecified atom stereocenters. The molecule has 2 heterocycles. The minimum absolute atomic E-state index is 0.0417. The molecule has 23 heavy (non-hydrogen) atoms. The van der Waals surface area contributed by atoms with Crippen molar-refractivity contribution in [2.45, 2.75) is 26.2 Å². The fourth-order valence-corrected chi connectivity index (χ4v) is 3.75. The Morgan fingerprint density at radius 1 is 1.13 bits per heavy atom. The first-order valence-corrected chi connectivity index (χ1v) is 8.84. The van der Waals surface area contributed by atoms with E-state index in [9.17, 15) is 9.59 Å². The Hall–Kier alpha value is -2.05. The number of rotatable bonds is 2. The van der Waals surface area contributed by atoms with Crippen LogP contribution in [0.1, 0.15) is 36.7 Å². The van der Waals surface area contributed by atoms with E-state index in [1.807, 2.05) is 17.5 Å². The van der Waals surface area contributed by atoms with Gasteiger partial charge in [0.25, 0.3) is 10.6 Å². The number of thiophene rings is 1. The van der Waals surface area contributed by atoms with Crippen LogP contribution in [0.5, 0.6) is 0 Å². The van der Waals surface area contributed by atoms with Gasteiger partial charge in [-0.05, 0) is 34.6 Å². The van der Waals surface area contributed by atoms with Gasteiger partial charge in [-0.3, -0.25) is 14.9 Å². The number of carbonyl (C=O) groups excluding carboxylic acids is 1. The van der Waals surface area contributed by atoms with E-state index in [1.165, 1.54) is 11.3 Å². The topological polar surface area (TPSA) is 59.1 Å². The first-order chi connectivity index (χ1) is 10.8. The molecule has 0 aliphatic rings. The number of amides is 1. The highest BCUT2D eigenvalue weighted by Crippen LogP contribution is 2.23. The van der Waals surface area contributed by atoms with E-state index >= 15 is 0 Å². The Morgan fingerprint density at radius 2 is 1.83 bits per heavy atom. The van der Waals surface area contributed by atoms with Crippen LogP contribution in [-0.2, 0) is 5.41 Å². The van der Waals surface area contributed by atoms with E-state index in [1.54, 1.807) is 18.2 Å². The molecule has 3 aromatic rings. The Morgan fingerprint density at radius 3 is 2.48 bits per heavy atom. The van der Waals surface area contributed by atoms with Crippen LogP contribution in [0.15, 0.2) is 40.5 Å². The number of nitrogens with zero attached hydrogens (tertiary/aromatic N) is 1. The third kappa shape index (κ3) is 3.33. The van der Waals surface area contributed by atoms with Gasteiger partial charge in [-0.25, -0.2) is 4.98 Å². The van der Waals surface area contributed by atoms with Crippen molar-refractivity contribution in [3.63, 3.8) is 0 Å². The number of benzene rings is 1. The molecule has 0 fully saturated rings. The molecule has 3 rings (SSSR count). The van der Waals surface area contributed by atoms with Gasteiger partial charge in [0, 0.05) is 5.56 Å². The average molecular weight is 344 g/mol. The summed E-state index contributed by atoms with van der Waals surface area (Å²) in [5.41, 5.74) is 2.37. The van der Waals surface area contributed by atoms with E-state index < -0.39 is 0 Å². The van der Waals surface area contributed by atoms with E-state index in [0.717, 1.165) is 16.9 Å². The maximum atomic E-state index is 12.3. The number of hydrogen-bond donors (Lipinski definition) is 1. The molecule has 0 aliphatic carbocycles. The fraction of sp³-hybridized carbons (Fsp3) is 0.235. The third-order valence-electron chi connectivity index (χ3n) is 3.47. The van der Waals surface area contributed by atoms with Gasteiger partial charge < -0.3 is 0 Å². The molecule has 0 spiro atoms. The highest BCUT2D eigenvalue weighted by molar-refractivity contribution is 7.21. The molecular formula is C17H16N2O2S2. The van der Waals surface area contributed by atoms with Crippen molar-refractivity contribution in [3.05, 3.63) is 56.4 Å². The zero-order valence-electron chi connectivity index (χ0n) is 13.0. The minimum Gasteiger partial charge on any atom is -0.298 e. The lowest BCUT2D eigenvalue weighted by molar-refractivity contribution is 0.102. The zero-order chi connectivity index (χ0) is 16.6. The van der Waals surface area contributed by atoms with Crippen LogP contribution >= 0.6 is 22.7 Å². The van der Waals surface area contributed by atoms with Crippen molar-refractivity contribution in [3.8, 4) is 0 Å². The van der Waals surface area contributed by atoms with Gasteiger partial charge in [0.1, 0.15) is 4.70 Å². The largest absolute Gasteiger partial charge is 0.298 e. The Labute approximate surface area is 141 Å². The molecule has 4 nitrogen and oxygen atoms in total. The highest BCUT2D eigenvalue weighted by atomic mass is 32.1. The lowest BCUT2D eigenvalue weighted by atomic mass is 9.87. The molecule has 0 saturated carbocycles. The van der Waals surface area contributed by atoms with Gasteiger partial charge in [-0.15, -0.1) is 11.3 Å². The SMILES string of the molecule is CC(C)(C)c1ccc(C(=O)Nc2nc3ccsc3c(=O)s2)cc1. The predicted molar refractivity (Wildman–Crippen MR) is 96.9 cm³/mol. The second-order valence-corrected chi connectivity index (χ2v) is 8.10. The van der Waals surface area contributed by atoms with Crippen molar-refractivity contribution in [2.24, 2.45) is 0 Å². The number of anilines is 1. The zero-order valence-corrected chi connectivity index (χ0v) is 14.7. The quantitative estimate of drug-likeness (QED) is 0.755. The van der Waals surface area contributed by atoms with Crippen LogP contribution in [-0.4, -0.2) is 10.9 Å². The van der Waals surface area contributed by atoms with E-state index in [4.69, 9.17) is 0 Å². The first-order valence-electron chi connectivity index (χ1n) is 7.15. The van der Waals surface area contributed by atoms with Crippen molar-refractivity contribution >= 4 is 43.9 Å².